The number of aryl methyl sites for hydroxylation is 1. The number of furan rings is 1. The molecule has 0 spiro atoms. The molecule has 1 N–H and O–H groups in total. The van der Waals surface area contributed by atoms with Gasteiger partial charge in [0, 0.05) is 26.4 Å². The first-order chi connectivity index (χ1) is 11.7. The largest absolute Gasteiger partial charge is 0.461 e. The number of urea groups is 1. The molecule has 0 saturated carbocycles. The summed E-state index contributed by atoms with van der Waals surface area (Å²) in [6.45, 7) is 4.10. The molecule has 3 heterocycles. The zero-order valence-corrected chi connectivity index (χ0v) is 14.2. The normalized spacial score (nSPS) is 17.4. The summed E-state index contributed by atoms with van der Waals surface area (Å²) in [6, 6.07) is 3.70. The van der Waals surface area contributed by atoms with Crippen LogP contribution < -0.4 is 5.32 Å². The number of carbonyl (C=O) groups excluding carboxylic acids is 1. The Morgan fingerprint density at radius 3 is 3.17 bits per heavy atom. The first kappa shape index (κ1) is 16.6. The zero-order chi connectivity index (χ0) is 16.9. The molecule has 0 aromatic carbocycles. The van der Waals surface area contributed by atoms with Crippen LogP contribution in [0.15, 0.2) is 28.9 Å². The van der Waals surface area contributed by atoms with Crippen LogP contribution in [0.5, 0.6) is 0 Å². The van der Waals surface area contributed by atoms with Crippen LogP contribution in [0.3, 0.4) is 0 Å². The molecule has 1 fully saturated rings. The number of methoxy groups -OCH3 is 1. The van der Waals surface area contributed by atoms with E-state index >= 15 is 0 Å². The molecule has 24 heavy (non-hydrogen) atoms. The monoisotopic (exact) mass is 332 g/mol. The molecule has 0 aliphatic carbocycles. The lowest BCUT2D eigenvalue weighted by atomic mass is 10.2. The number of nitrogens with zero attached hydrogens (tertiary/aromatic N) is 3. The molecule has 0 radical (unpaired) electrons. The number of carbonyl (C=O) groups is 1. The molecule has 1 aliphatic heterocycles. The molecular weight excluding hydrogens is 308 g/mol. The van der Waals surface area contributed by atoms with Gasteiger partial charge in [0.1, 0.15) is 18.1 Å². The average molecular weight is 332 g/mol. The second-order valence-electron chi connectivity index (χ2n) is 6.01. The summed E-state index contributed by atoms with van der Waals surface area (Å²) in [5, 5.41) is 7.17. The molecule has 1 atom stereocenters. The van der Waals surface area contributed by atoms with E-state index in [0.717, 1.165) is 49.6 Å². The maximum absolute atomic E-state index is 12.6. The fourth-order valence-electron chi connectivity index (χ4n) is 3.07. The Bertz CT molecular complexity index is 679. The fourth-order valence-corrected chi connectivity index (χ4v) is 3.07. The summed E-state index contributed by atoms with van der Waals surface area (Å²) in [5.74, 6) is 1.59. The van der Waals surface area contributed by atoms with Gasteiger partial charge in [-0.3, -0.25) is 4.68 Å². The highest BCUT2D eigenvalue weighted by Crippen LogP contribution is 2.33. The minimum absolute atomic E-state index is 0.0266. The highest BCUT2D eigenvalue weighted by molar-refractivity contribution is 5.89. The Morgan fingerprint density at radius 2 is 2.38 bits per heavy atom. The molecule has 0 bridgehead atoms. The minimum atomic E-state index is -0.113. The fraction of sp³-hybridized carbons (Fsp3) is 0.529. The van der Waals surface area contributed by atoms with Crippen molar-refractivity contribution in [3.8, 4) is 0 Å². The predicted molar refractivity (Wildman–Crippen MR) is 89.6 cm³/mol. The lowest BCUT2D eigenvalue weighted by Gasteiger charge is -2.23. The lowest BCUT2D eigenvalue weighted by molar-refractivity contribution is 0.157. The first-order valence-corrected chi connectivity index (χ1v) is 8.39. The van der Waals surface area contributed by atoms with E-state index in [4.69, 9.17) is 9.15 Å². The van der Waals surface area contributed by atoms with E-state index in [1.54, 1.807) is 13.3 Å². The van der Waals surface area contributed by atoms with E-state index in [1.807, 2.05) is 27.9 Å². The predicted octanol–water partition coefficient (Wildman–Crippen LogP) is 3.40. The van der Waals surface area contributed by atoms with Crippen LogP contribution in [0.4, 0.5) is 10.5 Å². The van der Waals surface area contributed by atoms with Crippen molar-refractivity contribution >= 4 is 11.7 Å². The van der Waals surface area contributed by atoms with E-state index in [9.17, 15) is 4.79 Å². The molecule has 1 saturated heterocycles. The highest BCUT2D eigenvalue weighted by atomic mass is 16.5. The number of rotatable bonds is 6. The van der Waals surface area contributed by atoms with Crippen LogP contribution in [0.25, 0.3) is 0 Å². The van der Waals surface area contributed by atoms with Crippen LogP contribution in [-0.4, -0.2) is 34.4 Å². The third-order valence-corrected chi connectivity index (χ3v) is 4.15. The van der Waals surface area contributed by atoms with Gasteiger partial charge in [-0.05, 0) is 31.4 Å². The molecule has 2 aromatic rings. The van der Waals surface area contributed by atoms with Crippen molar-refractivity contribution in [1.29, 1.82) is 0 Å². The molecule has 7 nitrogen and oxygen atoms in total. The van der Waals surface area contributed by atoms with Crippen molar-refractivity contribution in [1.82, 2.24) is 14.7 Å². The summed E-state index contributed by atoms with van der Waals surface area (Å²) in [4.78, 5) is 14.4. The van der Waals surface area contributed by atoms with Crippen molar-refractivity contribution in [3.05, 3.63) is 36.0 Å². The Hall–Kier alpha value is -2.28. The smallest absolute Gasteiger partial charge is 0.322 e. The van der Waals surface area contributed by atoms with Crippen molar-refractivity contribution in [2.75, 3.05) is 19.0 Å². The maximum Gasteiger partial charge on any atom is 0.322 e. The number of aromatic nitrogens is 2. The van der Waals surface area contributed by atoms with Gasteiger partial charge in [0.05, 0.1) is 17.9 Å². The molecule has 2 aromatic heterocycles. The van der Waals surface area contributed by atoms with Crippen molar-refractivity contribution in [2.45, 2.75) is 45.4 Å². The zero-order valence-electron chi connectivity index (χ0n) is 14.2. The Balaban J connectivity index is 1.66. The van der Waals surface area contributed by atoms with Gasteiger partial charge in [0.25, 0.3) is 0 Å². The number of nitrogens with one attached hydrogen (secondary N) is 1. The van der Waals surface area contributed by atoms with Crippen LogP contribution in [0, 0.1) is 0 Å². The average Bonchev–Trinajstić information content (AvgIpc) is 3.27. The van der Waals surface area contributed by atoms with E-state index < -0.39 is 0 Å². The van der Waals surface area contributed by atoms with Gasteiger partial charge in [0.2, 0.25) is 0 Å². The van der Waals surface area contributed by atoms with E-state index in [0.29, 0.717) is 6.61 Å². The van der Waals surface area contributed by atoms with Crippen LogP contribution in [-0.2, 0) is 17.9 Å². The number of hydrogen-bond acceptors (Lipinski definition) is 4. The first-order valence-electron chi connectivity index (χ1n) is 8.39. The third-order valence-electron chi connectivity index (χ3n) is 4.15. The SMILES string of the molecule is CCCn1cc(NC(=O)N2CCC[C@@H]2c2ccc(COC)o2)cn1. The van der Waals surface area contributed by atoms with E-state index in [-0.39, 0.29) is 12.1 Å². The Morgan fingerprint density at radius 1 is 1.50 bits per heavy atom. The van der Waals surface area contributed by atoms with E-state index in [1.165, 1.54) is 0 Å². The van der Waals surface area contributed by atoms with Crippen molar-refractivity contribution in [3.63, 3.8) is 0 Å². The molecule has 2 amide bonds. The quantitative estimate of drug-likeness (QED) is 0.880. The third kappa shape index (κ3) is 3.62. The summed E-state index contributed by atoms with van der Waals surface area (Å²) >= 11 is 0. The van der Waals surface area contributed by atoms with Crippen LogP contribution >= 0.6 is 0 Å². The van der Waals surface area contributed by atoms with Gasteiger partial charge in [0.15, 0.2) is 0 Å². The molecule has 130 valence electrons. The number of likely N-dealkylation sites (tertiary alicyclic amines) is 1. The molecular formula is C17H24N4O3. The summed E-state index contributed by atoms with van der Waals surface area (Å²) < 4.78 is 12.7. The van der Waals surface area contributed by atoms with Crippen molar-refractivity contribution < 1.29 is 13.9 Å². The Labute approximate surface area is 141 Å². The number of ether oxygens (including phenoxy) is 1. The maximum atomic E-state index is 12.6. The van der Waals surface area contributed by atoms with Gasteiger partial charge in [-0.2, -0.15) is 5.10 Å². The summed E-state index contributed by atoms with van der Waals surface area (Å²) in [6.07, 6.45) is 6.42. The minimum Gasteiger partial charge on any atom is -0.461 e. The van der Waals surface area contributed by atoms with Crippen molar-refractivity contribution in [2.24, 2.45) is 0 Å². The van der Waals surface area contributed by atoms with Gasteiger partial charge in [-0.1, -0.05) is 6.92 Å². The summed E-state index contributed by atoms with van der Waals surface area (Å²) in [7, 11) is 1.64. The molecule has 3 rings (SSSR count). The van der Waals surface area contributed by atoms with Crippen LogP contribution in [0.2, 0.25) is 0 Å². The lowest BCUT2D eigenvalue weighted by Crippen LogP contribution is -2.34. The number of amides is 2. The second-order valence-corrected chi connectivity index (χ2v) is 6.01. The Kier molecular flexibility index (Phi) is 5.20. The van der Waals surface area contributed by atoms with Gasteiger partial charge in [-0.15, -0.1) is 0 Å². The topological polar surface area (TPSA) is 72.5 Å². The van der Waals surface area contributed by atoms with Gasteiger partial charge < -0.3 is 19.4 Å². The van der Waals surface area contributed by atoms with Gasteiger partial charge in [-0.25, -0.2) is 4.79 Å². The number of hydrogen-bond donors (Lipinski definition) is 1. The standard InChI is InChI=1S/C17H24N4O3/c1-3-8-20-11-13(10-18-20)19-17(22)21-9-4-5-15(21)16-7-6-14(24-16)12-23-2/h6-7,10-11,15H,3-5,8-9,12H2,1-2H3,(H,19,22)/t15-/m1/s1. The second kappa shape index (κ2) is 7.53. The molecule has 0 unspecified atom stereocenters. The van der Waals surface area contributed by atoms with Gasteiger partial charge >= 0.3 is 6.03 Å². The molecule has 1 aliphatic rings. The molecule has 7 heteroatoms. The van der Waals surface area contributed by atoms with Crippen LogP contribution in [0.1, 0.15) is 43.7 Å². The summed E-state index contributed by atoms with van der Waals surface area (Å²) in [5.41, 5.74) is 0.721. The van der Waals surface area contributed by atoms with E-state index in [2.05, 4.69) is 17.3 Å². The highest BCUT2D eigenvalue weighted by Gasteiger charge is 2.32. The number of anilines is 1.